The Morgan fingerprint density at radius 3 is 2.22 bits per heavy atom. The fourth-order valence-electron chi connectivity index (χ4n) is 3.01. The number of anilines is 1. The number of hydrogen-bond donors (Lipinski definition) is 1. The van der Waals surface area contributed by atoms with Crippen molar-refractivity contribution in [2.75, 3.05) is 4.67 Å². The van der Waals surface area contributed by atoms with Gasteiger partial charge in [0.25, 0.3) is 0 Å². The first-order chi connectivity index (χ1) is 11.0. The summed E-state index contributed by atoms with van der Waals surface area (Å²) in [5.74, 6) is 0.278. The Hall–Kier alpha value is -1.64. The van der Waals surface area contributed by atoms with Crippen molar-refractivity contribution in [2.45, 2.75) is 26.1 Å². The third-order valence-corrected chi connectivity index (χ3v) is 7.71. The Kier molecular flexibility index (Phi) is 4.56. The molecule has 3 rings (SSSR count). The zero-order valence-electron chi connectivity index (χ0n) is 13.3. The third-order valence-electron chi connectivity index (χ3n) is 4.02. The van der Waals surface area contributed by atoms with Gasteiger partial charge in [0.05, 0.1) is 5.69 Å². The van der Waals surface area contributed by atoms with Crippen LogP contribution in [0.1, 0.15) is 20.3 Å². The first-order valence-corrected chi connectivity index (χ1v) is 9.98. The lowest BCUT2D eigenvalue weighted by Gasteiger charge is -2.29. The van der Waals surface area contributed by atoms with Crippen LogP contribution in [0.3, 0.4) is 0 Å². The molecule has 1 aliphatic rings. The molecule has 5 heteroatoms. The maximum Gasteiger partial charge on any atom is 0.228 e. The van der Waals surface area contributed by atoms with E-state index < -0.39 is 7.29 Å². The maximum atomic E-state index is 14.2. The highest BCUT2D eigenvalue weighted by molar-refractivity contribution is 7.84. The molecule has 1 aliphatic heterocycles. The van der Waals surface area contributed by atoms with E-state index in [-0.39, 0.29) is 5.78 Å². The molecule has 0 radical (unpaired) electrons. The predicted molar refractivity (Wildman–Crippen MR) is 102 cm³/mol. The molecule has 2 aromatic rings. The second-order valence-electron chi connectivity index (χ2n) is 6.20. The van der Waals surface area contributed by atoms with Crippen molar-refractivity contribution in [3.63, 3.8) is 0 Å². The van der Waals surface area contributed by atoms with Crippen LogP contribution < -0.4 is 15.3 Å². The van der Waals surface area contributed by atoms with Gasteiger partial charge < -0.3 is 5.32 Å². The number of nitrogens with zero attached hydrogens (tertiary/aromatic N) is 1. The minimum absolute atomic E-state index is 0.155. The van der Waals surface area contributed by atoms with Crippen molar-refractivity contribution >= 4 is 35.6 Å². The monoisotopic (exact) mass is 344 g/mol. The normalized spacial score (nSPS) is 24.0. The number of rotatable bonds is 4. The first-order valence-electron chi connectivity index (χ1n) is 7.85. The minimum Gasteiger partial charge on any atom is -0.350 e. The fraction of sp³-hybridized carbons (Fsp3) is 0.278. The zero-order chi connectivity index (χ0) is 16.4. The molecule has 3 nitrogen and oxygen atoms in total. The van der Waals surface area contributed by atoms with Gasteiger partial charge in [-0.3, -0.25) is 9.24 Å². The number of nitrogens with one attached hydrogen (secondary N) is 1. The molecule has 2 atom stereocenters. The van der Waals surface area contributed by atoms with Gasteiger partial charge in [0.1, 0.15) is 5.78 Å². The van der Waals surface area contributed by atoms with E-state index in [0.29, 0.717) is 11.0 Å². The number of hydrogen-bond acceptors (Lipinski definition) is 2. The van der Waals surface area contributed by atoms with Crippen molar-refractivity contribution in [2.24, 2.45) is 5.92 Å². The summed E-state index contributed by atoms with van der Waals surface area (Å²) in [6.45, 7) is 4.29. The van der Waals surface area contributed by atoms with Crippen LogP contribution in [-0.2, 0) is 4.57 Å². The average molecular weight is 344 g/mol. The molecule has 0 bridgehead atoms. The molecule has 2 aromatic carbocycles. The van der Waals surface area contributed by atoms with E-state index in [9.17, 15) is 4.57 Å². The van der Waals surface area contributed by atoms with E-state index in [1.807, 2.05) is 65.3 Å². The van der Waals surface area contributed by atoms with Gasteiger partial charge in [-0.2, -0.15) is 0 Å². The number of thiocarbonyl (C=S) groups is 1. The molecule has 0 spiro atoms. The molecule has 1 N–H and O–H groups in total. The van der Waals surface area contributed by atoms with E-state index in [1.165, 1.54) is 0 Å². The summed E-state index contributed by atoms with van der Waals surface area (Å²) in [6, 6.07) is 19.5. The molecule has 0 aliphatic carbocycles. The van der Waals surface area contributed by atoms with Crippen LogP contribution in [0.5, 0.6) is 0 Å². The third kappa shape index (κ3) is 2.93. The molecule has 1 heterocycles. The summed E-state index contributed by atoms with van der Waals surface area (Å²) in [5, 5.41) is 4.72. The van der Waals surface area contributed by atoms with Crippen LogP contribution in [-0.4, -0.2) is 10.9 Å². The largest absolute Gasteiger partial charge is 0.350 e. The maximum absolute atomic E-state index is 14.2. The summed E-state index contributed by atoms with van der Waals surface area (Å²) < 4.78 is 16.0. The molecule has 0 aromatic heterocycles. The number of para-hydroxylation sites is 1. The summed E-state index contributed by atoms with van der Waals surface area (Å²) in [7, 11) is -2.89. The summed E-state index contributed by atoms with van der Waals surface area (Å²) >= 11 is 5.54. The summed E-state index contributed by atoms with van der Waals surface area (Å²) in [5.41, 5.74) is 0.878. The van der Waals surface area contributed by atoms with E-state index in [0.717, 1.165) is 17.4 Å². The second-order valence-corrected chi connectivity index (χ2v) is 9.37. The lowest BCUT2D eigenvalue weighted by molar-refractivity contribution is 0.524. The van der Waals surface area contributed by atoms with Gasteiger partial charge in [-0.05, 0) is 48.8 Å². The average Bonchev–Trinajstić information content (AvgIpc) is 2.80. The van der Waals surface area contributed by atoms with E-state index in [1.54, 1.807) is 0 Å². The Balaban J connectivity index is 2.14. The van der Waals surface area contributed by atoms with Crippen molar-refractivity contribution in [1.82, 2.24) is 5.32 Å². The van der Waals surface area contributed by atoms with E-state index in [4.69, 9.17) is 12.2 Å². The molecule has 1 saturated heterocycles. The Morgan fingerprint density at radius 1 is 1.09 bits per heavy atom. The topological polar surface area (TPSA) is 32.3 Å². The van der Waals surface area contributed by atoms with Gasteiger partial charge >= 0.3 is 0 Å². The van der Waals surface area contributed by atoms with Crippen LogP contribution in [0.4, 0.5) is 5.69 Å². The highest BCUT2D eigenvalue weighted by Crippen LogP contribution is 2.59. The SMILES string of the molecule is CC(C)CC1NC(=S)N(c2ccccc2)P1(=O)c1ccccc1. The van der Waals surface area contributed by atoms with Gasteiger partial charge in [0.15, 0.2) is 5.11 Å². The zero-order valence-corrected chi connectivity index (χ0v) is 15.1. The Bertz CT molecular complexity index is 733. The van der Waals surface area contributed by atoms with Gasteiger partial charge in [-0.15, -0.1) is 0 Å². The number of benzene rings is 2. The standard InChI is InChI=1S/C18H21N2OPS/c1-14(2)13-17-19-18(23)20(15-9-5-3-6-10-15)22(17,21)16-11-7-4-8-12-16/h3-12,14,17H,13H2,1-2H3,(H,19,23). The lowest BCUT2D eigenvalue weighted by atomic mass is 10.1. The van der Waals surface area contributed by atoms with E-state index >= 15 is 0 Å². The Labute approximate surface area is 143 Å². The van der Waals surface area contributed by atoms with Crippen LogP contribution in [0.2, 0.25) is 0 Å². The smallest absolute Gasteiger partial charge is 0.228 e. The molecule has 120 valence electrons. The van der Waals surface area contributed by atoms with E-state index in [2.05, 4.69) is 19.2 Å². The summed E-state index contributed by atoms with van der Waals surface area (Å²) in [6.07, 6.45) is 0.815. The van der Waals surface area contributed by atoms with Gasteiger partial charge in [-0.1, -0.05) is 50.2 Å². The first kappa shape index (κ1) is 16.2. The molecule has 1 fully saturated rings. The van der Waals surface area contributed by atoms with Crippen molar-refractivity contribution in [1.29, 1.82) is 0 Å². The second kappa shape index (κ2) is 6.46. The molecular weight excluding hydrogens is 323 g/mol. The van der Waals surface area contributed by atoms with Gasteiger partial charge in [-0.25, -0.2) is 0 Å². The highest BCUT2D eigenvalue weighted by Gasteiger charge is 2.49. The van der Waals surface area contributed by atoms with Crippen LogP contribution >= 0.6 is 19.5 Å². The van der Waals surface area contributed by atoms with Crippen molar-refractivity contribution in [3.05, 3.63) is 60.7 Å². The van der Waals surface area contributed by atoms with Crippen LogP contribution in [0.25, 0.3) is 0 Å². The summed E-state index contributed by atoms with van der Waals surface area (Å²) in [4.78, 5) is 0. The lowest BCUT2D eigenvalue weighted by Crippen LogP contribution is -2.28. The van der Waals surface area contributed by atoms with Crippen LogP contribution in [0, 0.1) is 5.92 Å². The Morgan fingerprint density at radius 2 is 1.65 bits per heavy atom. The van der Waals surface area contributed by atoms with Crippen molar-refractivity contribution < 1.29 is 4.57 Å². The quantitative estimate of drug-likeness (QED) is 0.660. The molecular formula is C18H21N2OPS. The molecule has 23 heavy (non-hydrogen) atoms. The molecule has 0 amide bonds. The fourth-order valence-corrected chi connectivity index (χ4v) is 6.99. The highest BCUT2D eigenvalue weighted by atomic mass is 32.1. The molecule has 0 saturated carbocycles. The molecule has 2 unspecified atom stereocenters. The van der Waals surface area contributed by atoms with Gasteiger partial charge in [0, 0.05) is 5.30 Å². The van der Waals surface area contributed by atoms with Crippen LogP contribution in [0.15, 0.2) is 60.7 Å². The minimum atomic E-state index is -2.89. The van der Waals surface area contributed by atoms with Gasteiger partial charge in [0.2, 0.25) is 7.29 Å². The van der Waals surface area contributed by atoms with Crippen molar-refractivity contribution in [3.8, 4) is 0 Å². The predicted octanol–water partition coefficient (Wildman–Crippen LogP) is 4.36.